The van der Waals surface area contributed by atoms with Crippen LogP contribution in [0, 0.1) is 17.0 Å². The molecule has 0 saturated carbocycles. The van der Waals surface area contributed by atoms with Crippen LogP contribution in [-0.2, 0) is 7.05 Å². The number of carbonyl (C=O) groups is 1. The molecule has 0 radical (unpaired) electrons. The van der Waals surface area contributed by atoms with E-state index in [1.807, 2.05) is 0 Å². The van der Waals surface area contributed by atoms with Gasteiger partial charge in [-0.25, -0.2) is 4.68 Å². The Morgan fingerprint density at radius 1 is 1.20 bits per heavy atom. The molecule has 8 heteroatoms. The van der Waals surface area contributed by atoms with Crippen LogP contribution in [0.5, 0.6) is 0 Å². The number of nitrogens with one attached hydrogen (secondary N) is 1. The second-order valence-corrected chi connectivity index (χ2v) is 5.53. The van der Waals surface area contributed by atoms with Crippen molar-refractivity contribution in [2.45, 2.75) is 6.92 Å². The van der Waals surface area contributed by atoms with Crippen molar-refractivity contribution in [2.24, 2.45) is 7.05 Å². The van der Waals surface area contributed by atoms with Crippen molar-refractivity contribution in [3.8, 4) is 0 Å². The number of nitrogens with zero attached hydrogens (tertiary/aromatic N) is 3. The predicted molar refractivity (Wildman–Crippen MR) is 92.8 cm³/mol. The van der Waals surface area contributed by atoms with Gasteiger partial charge >= 0.3 is 0 Å². The molecule has 0 unspecified atom stereocenters. The number of nitro groups is 1. The topological polar surface area (TPSA) is 107 Å². The Balaban J connectivity index is 2.07. The van der Waals surface area contributed by atoms with Crippen LogP contribution in [0.4, 0.5) is 11.4 Å². The molecule has 2 aromatic carbocycles. The van der Waals surface area contributed by atoms with Gasteiger partial charge in [0.15, 0.2) is 5.69 Å². The second kappa shape index (κ2) is 6.16. The lowest BCUT2D eigenvalue weighted by atomic mass is 10.1. The summed E-state index contributed by atoms with van der Waals surface area (Å²) in [5.41, 5.74) is 0.633. The van der Waals surface area contributed by atoms with Crippen LogP contribution in [0.2, 0.25) is 0 Å². The minimum absolute atomic E-state index is 0.0728. The molecule has 1 amide bonds. The molecular formula is C17H14N4O4. The van der Waals surface area contributed by atoms with Gasteiger partial charge in [-0.2, -0.15) is 5.10 Å². The van der Waals surface area contributed by atoms with Gasteiger partial charge in [0.05, 0.1) is 16.0 Å². The number of amides is 1. The zero-order chi connectivity index (χ0) is 18.1. The predicted octanol–water partition coefficient (Wildman–Crippen LogP) is 2.40. The van der Waals surface area contributed by atoms with Gasteiger partial charge in [0, 0.05) is 24.6 Å². The van der Waals surface area contributed by atoms with E-state index in [1.54, 1.807) is 37.3 Å². The molecule has 1 aromatic heterocycles. The molecule has 0 fully saturated rings. The molecule has 1 N–H and O–H groups in total. The number of non-ortho nitro benzene ring substituents is 1. The number of anilines is 1. The van der Waals surface area contributed by atoms with Crippen LogP contribution in [0.15, 0.2) is 47.3 Å². The minimum Gasteiger partial charge on any atom is -0.320 e. The number of hydrogen-bond acceptors (Lipinski definition) is 5. The average Bonchev–Trinajstić information content (AvgIpc) is 2.59. The Morgan fingerprint density at radius 2 is 1.88 bits per heavy atom. The molecule has 0 atom stereocenters. The van der Waals surface area contributed by atoms with Crippen LogP contribution in [0.1, 0.15) is 16.1 Å². The van der Waals surface area contributed by atoms with Crippen molar-refractivity contribution in [3.05, 3.63) is 74.2 Å². The standard InChI is InChI=1S/C17H14N4O4/c1-10-7-8-11(21(24)25)9-14(10)18-16(22)15-12-5-3-4-6-13(12)17(23)20(2)19-15/h3-9H,1-2H3,(H,18,22). The summed E-state index contributed by atoms with van der Waals surface area (Å²) in [5, 5.41) is 18.4. The van der Waals surface area contributed by atoms with Crippen molar-refractivity contribution in [2.75, 3.05) is 5.32 Å². The number of hydrogen-bond donors (Lipinski definition) is 1. The number of aryl methyl sites for hydroxylation is 2. The summed E-state index contributed by atoms with van der Waals surface area (Å²) < 4.78 is 1.09. The monoisotopic (exact) mass is 338 g/mol. The molecule has 8 nitrogen and oxygen atoms in total. The van der Waals surface area contributed by atoms with E-state index in [-0.39, 0.29) is 16.9 Å². The van der Waals surface area contributed by atoms with E-state index < -0.39 is 10.8 Å². The number of fused-ring (bicyclic) bond motifs is 1. The normalized spacial score (nSPS) is 10.6. The van der Waals surface area contributed by atoms with E-state index in [0.29, 0.717) is 22.0 Å². The Bertz CT molecular complexity index is 1070. The summed E-state index contributed by atoms with van der Waals surface area (Å²) in [6, 6.07) is 10.9. The van der Waals surface area contributed by atoms with Crippen LogP contribution in [0.25, 0.3) is 10.8 Å². The maximum absolute atomic E-state index is 12.7. The first-order chi connectivity index (χ1) is 11.9. The molecule has 0 bridgehead atoms. The Hall–Kier alpha value is -3.55. The molecule has 0 aliphatic carbocycles. The van der Waals surface area contributed by atoms with Gasteiger partial charge in [-0.3, -0.25) is 19.7 Å². The van der Waals surface area contributed by atoms with Crippen molar-refractivity contribution in [1.82, 2.24) is 9.78 Å². The Labute approximate surface area is 141 Å². The molecule has 126 valence electrons. The van der Waals surface area contributed by atoms with E-state index in [0.717, 1.165) is 4.68 Å². The highest BCUT2D eigenvalue weighted by molar-refractivity contribution is 6.11. The van der Waals surface area contributed by atoms with Crippen LogP contribution >= 0.6 is 0 Å². The fourth-order valence-electron chi connectivity index (χ4n) is 2.51. The summed E-state index contributed by atoms with van der Waals surface area (Å²) in [4.78, 5) is 35.2. The maximum Gasteiger partial charge on any atom is 0.276 e. The van der Waals surface area contributed by atoms with Gasteiger partial charge < -0.3 is 5.32 Å². The fraction of sp³-hybridized carbons (Fsp3) is 0.118. The lowest BCUT2D eigenvalue weighted by Crippen LogP contribution is -2.25. The number of benzene rings is 2. The van der Waals surface area contributed by atoms with Gasteiger partial charge in [-0.15, -0.1) is 0 Å². The summed E-state index contributed by atoms with van der Waals surface area (Å²) >= 11 is 0. The summed E-state index contributed by atoms with van der Waals surface area (Å²) in [6.07, 6.45) is 0. The van der Waals surface area contributed by atoms with Gasteiger partial charge in [0.2, 0.25) is 0 Å². The van der Waals surface area contributed by atoms with Crippen LogP contribution in [-0.4, -0.2) is 20.6 Å². The third-order valence-corrected chi connectivity index (χ3v) is 3.85. The van der Waals surface area contributed by atoms with Gasteiger partial charge in [0.25, 0.3) is 17.2 Å². The molecular weight excluding hydrogens is 324 g/mol. The number of carbonyl (C=O) groups excluding carboxylic acids is 1. The van der Waals surface area contributed by atoms with Crippen LogP contribution < -0.4 is 10.9 Å². The minimum atomic E-state index is -0.546. The number of nitro benzene ring substituents is 1. The molecule has 3 aromatic rings. The fourth-order valence-corrected chi connectivity index (χ4v) is 2.51. The second-order valence-electron chi connectivity index (χ2n) is 5.53. The maximum atomic E-state index is 12.7. The highest BCUT2D eigenvalue weighted by atomic mass is 16.6. The Kier molecular flexibility index (Phi) is 4.02. The van der Waals surface area contributed by atoms with E-state index in [4.69, 9.17) is 0 Å². The van der Waals surface area contributed by atoms with Gasteiger partial charge in [-0.1, -0.05) is 24.3 Å². The first-order valence-electron chi connectivity index (χ1n) is 7.41. The number of rotatable bonds is 3. The highest BCUT2D eigenvalue weighted by Crippen LogP contribution is 2.23. The highest BCUT2D eigenvalue weighted by Gasteiger charge is 2.17. The summed E-state index contributed by atoms with van der Waals surface area (Å²) in [7, 11) is 1.46. The van der Waals surface area contributed by atoms with Gasteiger partial charge in [0.1, 0.15) is 0 Å². The van der Waals surface area contributed by atoms with Crippen molar-refractivity contribution in [1.29, 1.82) is 0 Å². The summed E-state index contributed by atoms with van der Waals surface area (Å²) in [6.45, 7) is 1.73. The number of aromatic nitrogens is 2. The van der Waals surface area contributed by atoms with Gasteiger partial charge in [-0.05, 0) is 18.6 Å². The van der Waals surface area contributed by atoms with Crippen molar-refractivity contribution < 1.29 is 9.72 Å². The smallest absolute Gasteiger partial charge is 0.276 e. The quantitative estimate of drug-likeness (QED) is 0.583. The zero-order valence-corrected chi connectivity index (χ0v) is 13.5. The first-order valence-corrected chi connectivity index (χ1v) is 7.41. The van der Waals surface area contributed by atoms with E-state index in [1.165, 1.54) is 19.2 Å². The lowest BCUT2D eigenvalue weighted by molar-refractivity contribution is -0.384. The third-order valence-electron chi connectivity index (χ3n) is 3.85. The largest absolute Gasteiger partial charge is 0.320 e. The van der Waals surface area contributed by atoms with Crippen molar-refractivity contribution in [3.63, 3.8) is 0 Å². The lowest BCUT2D eigenvalue weighted by Gasteiger charge is -2.10. The van der Waals surface area contributed by atoms with Crippen molar-refractivity contribution >= 4 is 28.1 Å². The Morgan fingerprint density at radius 3 is 2.56 bits per heavy atom. The average molecular weight is 338 g/mol. The summed E-state index contributed by atoms with van der Waals surface area (Å²) in [5.74, 6) is -0.546. The zero-order valence-electron chi connectivity index (χ0n) is 13.5. The van der Waals surface area contributed by atoms with E-state index >= 15 is 0 Å². The molecule has 0 aliphatic heterocycles. The molecule has 0 saturated heterocycles. The van der Waals surface area contributed by atoms with Crippen LogP contribution in [0.3, 0.4) is 0 Å². The molecule has 1 heterocycles. The molecule has 0 aliphatic rings. The third kappa shape index (κ3) is 2.97. The molecule has 0 spiro atoms. The molecule has 25 heavy (non-hydrogen) atoms. The van der Waals surface area contributed by atoms with E-state index in [9.17, 15) is 19.7 Å². The molecule has 3 rings (SSSR count). The SMILES string of the molecule is Cc1ccc([N+](=O)[O-])cc1NC(=O)c1nn(C)c(=O)c2ccccc12. The first kappa shape index (κ1) is 16.3. The van der Waals surface area contributed by atoms with E-state index in [2.05, 4.69) is 10.4 Å².